The summed E-state index contributed by atoms with van der Waals surface area (Å²) in [5.74, 6) is 0.194. The number of hydrogen-bond donors (Lipinski definition) is 2. The Bertz CT molecular complexity index is 581. The molecule has 1 unspecified atom stereocenters. The van der Waals surface area contributed by atoms with E-state index in [0.29, 0.717) is 0 Å². The second kappa shape index (κ2) is 6.30. The zero-order chi connectivity index (χ0) is 15.5. The largest absolute Gasteiger partial charge is 0.508 e. The van der Waals surface area contributed by atoms with Crippen molar-refractivity contribution in [3.63, 3.8) is 0 Å². The fraction of sp³-hybridized carbons (Fsp3) is 0.200. The van der Waals surface area contributed by atoms with Crippen LogP contribution < -0.4 is 5.32 Å². The Morgan fingerprint density at radius 3 is 2.10 bits per heavy atom. The number of nitrogens with one attached hydrogen (secondary N) is 1. The molecule has 2 aromatic carbocycles. The van der Waals surface area contributed by atoms with Crippen LogP contribution in [0.4, 0.5) is 18.9 Å². The van der Waals surface area contributed by atoms with E-state index in [1.807, 2.05) is 6.92 Å². The number of anilines is 1. The number of thioether (sulfide) groups is 1. The van der Waals surface area contributed by atoms with Gasteiger partial charge in [0.1, 0.15) is 5.75 Å². The van der Waals surface area contributed by atoms with Gasteiger partial charge in [0.2, 0.25) is 0 Å². The molecule has 112 valence electrons. The Kier molecular flexibility index (Phi) is 4.67. The van der Waals surface area contributed by atoms with E-state index >= 15 is 0 Å². The molecule has 0 saturated heterocycles. The zero-order valence-electron chi connectivity index (χ0n) is 11.2. The lowest BCUT2D eigenvalue weighted by atomic mass is 10.1. The van der Waals surface area contributed by atoms with Gasteiger partial charge in [-0.3, -0.25) is 0 Å². The quantitative estimate of drug-likeness (QED) is 0.763. The molecule has 0 aliphatic carbocycles. The highest BCUT2D eigenvalue weighted by Gasteiger charge is 2.28. The van der Waals surface area contributed by atoms with E-state index in [-0.39, 0.29) is 28.4 Å². The van der Waals surface area contributed by atoms with Gasteiger partial charge in [0.25, 0.3) is 0 Å². The Morgan fingerprint density at radius 1 is 1.00 bits per heavy atom. The van der Waals surface area contributed by atoms with Crippen molar-refractivity contribution >= 4 is 17.4 Å². The molecule has 0 fully saturated rings. The van der Waals surface area contributed by atoms with E-state index in [9.17, 15) is 18.3 Å². The van der Waals surface area contributed by atoms with Gasteiger partial charge in [0, 0.05) is 16.6 Å². The summed E-state index contributed by atoms with van der Waals surface area (Å²) in [5.41, 5.74) is -2.56. The van der Waals surface area contributed by atoms with Crippen LogP contribution in [0.15, 0.2) is 53.4 Å². The molecule has 6 heteroatoms. The topological polar surface area (TPSA) is 32.3 Å². The first-order chi connectivity index (χ1) is 9.83. The van der Waals surface area contributed by atoms with Crippen LogP contribution in [0.1, 0.15) is 18.5 Å². The van der Waals surface area contributed by atoms with Gasteiger partial charge >= 0.3 is 5.51 Å². The van der Waals surface area contributed by atoms with Gasteiger partial charge in [-0.25, -0.2) is 0 Å². The number of hydrogen-bond acceptors (Lipinski definition) is 3. The maximum absolute atomic E-state index is 12.2. The third-order valence-corrected chi connectivity index (χ3v) is 3.60. The normalized spacial score (nSPS) is 13.0. The third kappa shape index (κ3) is 4.90. The Morgan fingerprint density at radius 2 is 1.57 bits per heavy atom. The first kappa shape index (κ1) is 15.6. The Balaban J connectivity index is 2.01. The van der Waals surface area contributed by atoms with Crippen molar-refractivity contribution in [3.05, 3.63) is 54.1 Å². The summed E-state index contributed by atoms with van der Waals surface area (Å²) in [6.45, 7) is 1.94. The number of phenolic OH excluding ortho intramolecular Hbond substituents is 1. The van der Waals surface area contributed by atoms with Crippen LogP contribution in [-0.4, -0.2) is 10.6 Å². The molecule has 0 aromatic heterocycles. The minimum absolute atomic E-state index is 0.0216. The Hall–Kier alpha value is -1.82. The molecule has 0 spiro atoms. The highest BCUT2D eigenvalue weighted by atomic mass is 32.2. The van der Waals surface area contributed by atoms with Crippen LogP contribution in [0.5, 0.6) is 5.75 Å². The van der Waals surface area contributed by atoms with Crippen molar-refractivity contribution in [1.29, 1.82) is 0 Å². The average Bonchev–Trinajstić information content (AvgIpc) is 2.40. The molecule has 0 bridgehead atoms. The molecular weight excluding hydrogens is 299 g/mol. The summed E-state index contributed by atoms with van der Waals surface area (Å²) in [5, 5.41) is 12.4. The smallest absolute Gasteiger partial charge is 0.446 e. The van der Waals surface area contributed by atoms with E-state index < -0.39 is 5.51 Å². The van der Waals surface area contributed by atoms with Crippen molar-refractivity contribution in [1.82, 2.24) is 0 Å². The molecule has 0 amide bonds. The summed E-state index contributed by atoms with van der Waals surface area (Å²) in [7, 11) is 0. The summed E-state index contributed by atoms with van der Waals surface area (Å²) in [4.78, 5) is 0.158. The standard InChI is InChI=1S/C15H14F3NOS/c1-10(11-2-6-13(20)7-3-11)19-12-4-8-14(9-5-12)21-15(16,17)18/h2-10,19-20H,1H3. The number of rotatable bonds is 4. The minimum atomic E-state index is -4.27. The van der Waals surface area contributed by atoms with Crippen molar-refractivity contribution < 1.29 is 18.3 Å². The van der Waals surface area contributed by atoms with Crippen LogP contribution in [0, 0.1) is 0 Å². The SMILES string of the molecule is CC(Nc1ccc(SC(F)(F)F)cc1)c1ccc(O)cc1. The van der Waals surface area contributed by atoms with Crippen molar-refractivity contribution in [2.45, 2.75) is 23.4 Å². The predicted octanol–water partition coefficient (Wildman–Crippen LogP) is 5.18. The molecule has 2 rings (SSSR count). The third-order valence-electron chi connectivity index (χ3n) is 2.86. The maximum atomic E-state index is 12.2. The highest BCUT2D eigenvalue weighted by molar-refractivity contribution is 8.00. The molecule has 2 aromatic rings. The van der Waals surface area contributed by atoms with Crippen molar-refractivity contribution in [2.24, 2.45) is 0 Å². The van der Waals surface area contributed by atoms with Crippen molar-refractivity contribution in [3.8, 4) is 5.75 Å². The number of phenols is 1. The van der Waals surface area contributed by atoms with Gasteiger partial charge in [0.15, 0.2) is 0 Å². The summed E-state index contributed by atoms with van der Waals surface area (Å²) >= 11 is -0.129. The van der Waals surface area contributed by atoms with E-state index in [4.69, 9.17) is 0 Å². The lowest BCUT2D eigenvalue weighted by Gasteiger charge is -2.16. The second-order valence-corrected chi connectivity index (χ2v) is 5.67. The van der Waals surface area contributed by atoms with Crippen LogP contribution in [0.25, 0.3) is 0 Å². The van der Waals surface area contributed by atoms with E-state index in [1.165, 1.54) is 12.1 Å². The second-order valence-electron chi connectivity index (χ2n) is 4.53. The molecule has 0 radical (unpaired) electrons. The molecule has 0 aliphatic rings. The van der Waals surface area contributed by atoms with Gasteiger partial charge < -0.3 is 10.4 Å². The van der Waals surface area contributed by atoms with E-state index in [0.717, 1.165) is 11.3 Å². The number of aromatic hydroxyl groups is 1. The fourth-order valence-electron chi connectivity index (χ4n) is 1.85. The van der Waals surface area contributed by atoms with Crippen LogP contribution >= 0.6 is 11.8 Å². The molecule has 2 N–H and O–H groups in total. The number of alkyl halides is 3. The van der Waals surface area contributed by atoms with Crippen molar-refractivity contribution in [2.75, 3.05) is 5.32 Å². The summed E-state index contributed by atoms with van der Waals surface area (Å²) < 4.78 is 36.7. The first-order valence-corrected chi connectivity index (χ1v) is 7.06. The molecule has 1 atom stereocenters. The molecule has 21 heavy (non-hydrogen) atoms. The van der Waals surface area contributed by atoms with Crippen LogP contribution in [-0.2, 0) is 0 Å². The number of halogens is 3. The molecular formula is C15H14F3NOS. The number of benzene rings is 2. The van der Waals surface area contributed by atoms with Gasteiger partial charge in [-0.15, -0.1) is 0 Å². The maximum Gasteiger partial charge on any atom is 0.446 e. The van der Waals surface area contributed by atoms with Gasteiger partial charge in [-0.2, -0.15) is 13.2 Å². The van der Waals surface area contributed by atoms with E-state index in [1.54, 1.807) is 36.4 Å². The Labute approximate surface area is 125 Å². The monoisotopic (exact) mass is 313 g/mol. The summed E-state index contributed by atoms with van der Waals surface area (Å²) in [6.07, 6.45) is 0. The molecule has 0 heterocycles. The van der Waals surface area contributed by atoms with Gasteiger partial charge in [0.05, 0.1) is 0 Å². The highest BCUT2D eigenvalue weighted by Crippen LogP contribution is 2.37. The zero-order valence-corrected chi connectivity index (χ0v) is 12.0. The fourth-order valence-corrected chi connectivity index (χ4v) is 2.39. The van der Waals surface area contributed by atoms with Crippen LogP contribution in [0.2, 0.25) is 0 Å². The van der Waals surface area contributed by atoms with Gasteiger partial charge in [-0.1, -0.05) is 12.1 Å². The summed E-state index contributed by atoms with van der Waals surface area (Å²) in [6, 6.07) is 12.9. The minimum Gasteiger partial charge on any atom is -0.508 e. The van der Waals surface area contributed by atoms with Crippen LogP contribution in [0.3, 0.4) is 0 Å². The molecule has 2 nitrogen and oxygen atoms in total. The lowest BCUT2D eigenvalue weighted by Crippen LogP contribution is -2.06. The van der Waals surface area contributed by atoms with Gasteiger partial charge in [-0.05, 0) is 60.6 Å². The first-order valence-electron chi connectivity index (χ1n) is 6.25. The molecule has 0 saturated carbocycles. The predicted molar refractivity (Wildman–Crippen MR) is 78.5 cm³/mol. The molecule has 0 aliphatic heterocycles. The lowest BCUT2D eigenvalue weighted by molar-refractivity contribution is -0.0328. The van der Waals surface area contributed by atoms with E-state index in [2.05, 4.69) is 5.32 Å². The average molecular weight is 313 g/mol.